The van der Waals surface area contributed by atoms with Crippen LogP contribution in [0.1, 0.15) is 37.7 Å². The molecular weight excluding hydrogens is 347 g/mol. The Morgan fingerprint density at radius 3 is 2.89 bits per heavy atom. The molecule has 0 aromatic heterocycles. The highest BCUT2D eigenvalue weighted by atomic mass is 19.1. The molecule has 1 aliphatic carbocycles. The molecule has 0 radical (unpaired) electrons. The summed E-state index contributed by atoms with van der Waals surface area (Å²) in [6.07, 6.45) is 9.51. The molecule has 0 heterocycles. The van der Waals surface area contributed by atoms with Crippen molar-refractivity contribution in [2.75, 3.05) is 7.11 Å². The quantitative estimate of drug-likeness (QED) is 0.460. The molecule has 146 valence electrons. The number of halogens is 1. The van der Waals surface area contributed by atoms with Gasteiger partial charge < -0.3 is 14.6 Å². The van der Waals surface area contributed by atoms with Crippen molar-refractivity contribution in [3.05, 3.63) is 60.2 Å². The van der Waals surface area contributed by atoms with E-state index in [1.165, 1.54) is 11.6 Å². The van der Waals surface area contributed by atoms with Crippen molar-refractivity contribution in [3.8, 4) is 11.5 Å². The number of carboxylic acid groups (broad SMARTS) is 1. The average molecular weight is 374 g/mol. The van der Waals surface area contributed by atoms with E-state index in [1.807, 2.05) is 0 Å². The second kappa shape index (κ2) is 10.6. The van der Waals surface area contributed by atoms with Gasteiger partial charge in [0.2, 0.25) is 0 Å². The van der Waals surface area contributed by atoms with Gasteiger partial charge >= 0.3 is 5.97 Å². The third kappa shape index (κ3) is 7.29. The summed E-state index contributed by atoms with van der Waals surface area (Å²) in [6.45, 7) is 3.54. The second-order valence-electron chi connectivity index (χ2n) is 6.65. The van der Waals surface area contributed by atoms with Crippen molar-refractivity contribution in [3.63, 3.8) is 0 Å². The molecule has 5 heteroatoms. The lowest BCUT2D eigenvalue weighted by Crippen LogP contribution is -2.20. The molecule has 0 saturated heterocycles. The van der Waals surface area contributed by atoms with Gasteiger partial charge in [-0.15, -0.1) is 0 Å². The summed E-state index contributed by atoms with van der Waals surface area (Å²) in [6, 6.07) is 5.21. The van der Waals surface area contributed by atoms with Gasteiger partial charge in [-0.25, -0.2) is 4.39 Å². The number of aliphatic carboxylic acids is 1. The van der Waals surface area contributed by atoms with Gasteiger partial charge in [-0.1, -0.05) is 36.5 Å². The topological polar surface area (TPSA) is 55.8 Å². The third-order valence-electron chi connectivity index (χ3n) is 4.44. The summed E-state index contributed by atoms with van der Waals surface area (Å²) in [7, 11) is 1.54. The van der Waals surface area contributed by atoms with Crippen molar-refractivity contribution in [2.24, 2.45) is 0 Å². The maximum absolute atomic E-state index is 13.8. The zero-order chi connectivity index (χ0) is 19.6. The van der Waals surface area contributed by atoms with Crippen LogP contribution in [0.2, 0.25) is 0 Å². The number of alkyl halides is 1. The van der Waals surface area contributed by atoms with E-state index in [0.717, 1.165) is 19.3 Å². The first-order valence-corrected chi connectivity index (χ1v) is 9.17. The van der Waals surface area contributed by atoms with Gasteiger partial charge in [0.25, 0.3) is 0 Å². The molecule has 0 fully saturated rings. The highest BCUT2D eigenvalue weighted by Gasteiger charge is 2.18. The SMILES string of the molecule is C=C/C=C\C(F)CCC1=CCCC(Oc2cc(CC(=O)O)cc(OC)c2)C1. The summed E-state index contributed by atoms with van der Waals surface area (Å²) in [5.41, 5.74) is 1.84. The minimum absolute atomic E-state index is 0.00318. The Bertz CT molecular complexity index is 708. The first kappa shape index (κ1) is 20.7. The zero-order valence-corrected chi connectivity index (χ0v) is 15.7. The fraction of sp³-hybridized carbons (Fsp3) is 0.409. The fourth-order valence-electron chi connectivity index (χ4n) is 3.16. The molecule has 1 aromatic rings. The fourth-order valence-corrected chi connectivity index (χ4v) is 3.16. The molecule has 2 rings (SSSR count). The van der Waals surface area contributed by atoms with Gasteiger partial charge in [-0.05, 0) is 43.4 Å². The van der Waals surface area contributed by atoms with Gasteiger partial charge in [-0.2, -0.15) is 0 Å². The third-order valence-corrected chi connectivity index (χ3v) is 4.44. The number of carboxylic acids is 1. The standard InChI is InChI=1S/C22H27FO4/c1-3-4-7-18(23)10-9-16-6-5-8-19(11-16)27-21-13-17(14-22(24)25)12-20(15-21)26-2/h3-4,6-7,12-13,15,18-19H,1,5,8-11,14H2,2H3,(H,24,25)/b7-4-. The summed E-state index contributed by atoms with van der Waals surface area (Å²) in [5.74, 6) is 0.280. The number of carbonyl (C=O) groups is 1. The van der Waals surface area contributed by atoms with E-state index in [0.29, 0.717) is 29.9 Å². The molecule has 1 N–H and O–H groups in total. The molecule has 0 spiro atoms. The van der Waals surface area contributed by atoms with E-state index in [9.17, 15) is 9.18 Å². The highest BCUT2D eigenvalue weighted by molar-refractivity contribution is 5.70. The molecule has 4 nitrogen and oxygen atoms in total. The molecule has 2 atom stereocenters. The molecular formula is C22H27FO4. The molecule has 2 unspecified atom stereocenters. The maximum atomic E-state index is 13.8. The monoisotopic (exact) mass is 374 g/mol. The predicted octanol–water partition coefficient (Wildman–Crippen LogP) is 5.04. The van der Waals surface area contributed by atoms with E-state index < -0.39 is 12.1 Å². The first-order valence-electron chi connectivity index (χ1n) is 9.17. The number of methoxy groups -OCH3 is 1. The Labute approximate surface area is 160 Å². The molecule has 1 aromatic carbocycles. The number of allylic oxidation sites excluding steroid dienone is 4. The van der Waals surface area contributed by atoms with Gasteiger partial charge in [0, 0.05) is 12.5 Å². The number of rotatable bonds is 10. The van der Waals surface area contributed by atoms with E-state index in [2.05, 4.69) is 12.7 Å². The highest BCUT2D eigenvalue weighted by Crippen LogP contribution is 2.29. The Hall–Kier alpha value is -2.56. The van der Waals surface area contributed by atoms with Crippen LogP contribution in [0.25, 0.3) is 0 Å². The van der Waals surface area contributed by atoms with Crippen molar-refractivity contribution in [1.82, 2.24) is 0 Å². The molecule has 0 bridgehead atoms. The van der Waals surface area contributed by atoms with Crippen LogP contribution in [0.3, 0.4) is 0 Å². The number of benzene rings is 1. The van der Waals surface area contributed by atoms with Gasteiger partial charge in [0.05, 0.1) is 13.5 Å². The summed E-state index contributed by atoms with van der Waals surface area (Å²) >= 11 is 0. The minimum Gasteiger partial charge on any atom is -0.497 e. The van der Waals surface area contributed by atoms with Crippen LogP contribution in [-0.2, 0) is 11.2 Å². The normalized spacial score (nSPS) is 18.0. The van der Waals surface area contributed by atoms with E-state index in [4.69, 9.17) is 14.6 Å². The molecule has 0 amide bonds. The molecule has 0 aliphatic heterocycles. The van der Waals surface area contributed by atoms with Crippen LogP contribution in [0.4, 0.5) is 4.39 Å². The smallest absolute Gasteiger partial charge is 0.307 e. The van der Waals surface area contributed by atoms with E-state index in [1.54, 1.807) is 37.5 Å². The second-order valence-corrected chi connectivity index (χ2v) is 6.65. The van der Waals surface area contributed by atoms with Crippen molar-refractivity contribution in [2.45, 2.75) is 50.8 Å². The maximum Gasteiger partial charge on any atom is 0.307 e. The Balaban J connectivity index is 1.95. The van der Waals surface area contributed by atoms with Crippen LogP contribution in [0.5, 0.6) is 11.5 Å². The van der Waals surface area contributed by atoms with Gasteiger partial charge in [0.1, 0.15) is 23.8 Å². The zero-order valence-electron chi connectivity index (χ0n) is 15.7. The van der Waals surface area contributed by atoms with Crippen molar-refractivity contribution >= 4 is 5.97 Å². The van der Waals surface area contributed by atoms with Crippen LogP contribution < -0.4 is 9.47 Å². The summed E-state index contributed by atoms with van der Waals surface area (Å²) in [4.78, 5) is 11.0. The lowest BCUT2D eigenvalue weighted by Gasteiger charge is -2.25. The number of hydrogen-bond acceptors (Lipinski definition) is 3. The van der Waals surface area contributed by atoms with Crippen molar-refractivity contribution in [1.29, 1.82) is 0 Å². The Morgan fingerprint density at radius 2 is 2.19 bits per heavy atom. The van der Waals surface area contributed by atoms with Crippen LogP contribution >= 0.6 is 0 Å². The summed E-state index contributed by atoms with van der Waals surface area (Å²) < 4.78 is 25.1. The number of ether oxygens (including phenoxy) is 2. The molecule has 1 aliphatic rings. The largest absolute Gasteiger partial charge is 0.497 e. The van der Waals surface area contributed by atoms with E-state index in [-0.39, 0.29) is 12.5 Å². The van der Waals surface area contributed by atoms with E-state index >= 15 is 0 Å². The lowest BCUT2D eigenvalue weighted by molar-refractivity contribution is -0.136. The predicted molar refractivity (Wildman–Crippen MR) is 104 cm³/mol. The Kier molecular flexibility index (Phi) is 8.11. The van der Waals surface area contributed by atoms with Crippen LogP contribution in [0.15, 0.2) is 54.7 Å². The molecule has 27 heavy (non-hydrogen) atoms. The molecule has 0 saturated carbocycles. The number of hydrogen-bond donors (Lipinski definition) is 1. The van der Waals surface area contributed by atoms with Gasteiger partial charge in [-0.3, -0.25) is 4.79 Å². The van der Waals surface area contributed by atoms with Crippen LogP contribution in [0, 0.1) is 0 Å². The average Bonchev–Trinajstić information content (AvgIpc) is 2.64. The lowest BCUT2D eigenvalue weighted by atomic mass is 9.93. The minimum atomic E-state index is -0.970. The Morgan fingerprint density at radius 1 is 1.41 bits per heavy atom. The van der Waals surface area contributed by atoms with Gasteiger partial charge in [0.15, 0.2) is 0 Å². The van der Waals surface area contributed by atoms with Crippen LogP contribution in [-0.4, -0.2) is 30.5 Å². The summed E-state index contributed by atoms with van der Waals surface area (Å²) in [5, 5.41) is 9.01. The van der Waals surface area contributed by atoms with Crippen molar-refractivity contribution < 1.29 is 23.8 Å². The first-order chi connectivity index (χ1) is 13.0.